The van der Waals surface area contributed by atoms with E-state index in [1.54, 1.807) is 48.5 Å². The van der Waals surface area contributed by atoms with Gasteiger partial charge in [-0.15, -0.1) is 0 Å². The maximum Gasteiger partial charge on any atom is 0.344 e. The summed E-state index contributed by atoms with van der Waals surface area (Å²) < 4.78 is 32.6. The largest absolute Gasteiger partial charge is 0.494 e. The van der Waals surface area contributed by atoms with Crippen LogP contribution < -0.4 is 18.9 Å². The molecule has 3 aromatic carbocycles. The fourth-order valence-electron chi connectivity index (χ4n) is 3.90. The second kappa shape index (κ2) is 19.3. The van der Waals surface area contributed by atoms with Gasteiger partial charge in [0.2, 0.25) is 0 Å². The first-order valence-corrected chi connectivity index (χ1v) is 15.3. The Balaban J connectivity index is 1.72. The SMILES string of the molecule is C=CC(=O)OCCCCOC(=O)c1cc(OC(=O)c2ccc(OCCCC)cc2)ccc1C(=O)Oc1ccc(OCCCC)cc1. The molecular formula is C36H40O10. The minimum atomic E-state index is -0.818. The van der Waals surface area contributed by atoms with Gasteiger partial charge in [0, 0.05) is 6.08 Å². The molecule has 3 rings (SSSR count). The van der Waals surface area contributed by atoms with Crippen LogP contribution in [0.25, 0.3) is 0 Å². The molecule has 10 nitrogen and oxygen atoms in total. The van der Waals surface area contributed by atoms with Crippen molar-refractivity contribution < 1.29 is 47.6 Å². The van der Waals surface area contributed by atoms with E-state index >= 15 is 0 Å². The number of carbonyl (C=O) groups excluding carboxylic acids is 4. The fraction of sp³-hybridized carbons (Fsp3) is 0.333. The number of hydrogen-bond acceptors (Lipinski definition) is 10. The Bertz CT molecular complexity index is 1440. The highest BCUT2D eigenvalue weighted by Crippen LogP contribution is 2.24. The summed E-state index contributed by atoms with van der Waals surface area (Å²) in [5.41, 5.74) is 0.0453. The number of esters is 4. The number of rotatable bonds is 19. The lowest BCUT2D eigenvalue weighted by Crippen LogP contribution is -2.17. The third-order valence-corrected chi connectivity index (χ3v) is 6.48. The van der Waals surface area contributed by atoms with Crippen molar-refractivity contribution in [1.29, 1.82) is 0 Å². The topological polar surface area (TPSA) is 124 Å². The molecule has 0 N–H and O–H groups in total. The van der Waals surface area contributed by atoms with Crippen LogP contribution in [0.4, 0.5) is 0 Å². The van der Waals surface area contributed by atoms with E-state index in [4.69, 9.17) is 28.4 Å². The molecule has 0 fully saturated rings. The molecule has 0 saturated carbocycles. The van der Waals surface area contributed by atoms with Crippen molar-refractivity contribution in [1.82, 2.24) is 0 Å². The summed E-state index contributed by atoms with van der Waals surface area (Å²) in [5, 5.41) is 0. The molecule has 0 aliphatic carbocycles. The van der Waals surface area contributed by atoms with Crippen LogP contribution >= 0.6 is 0 Å². The monoisotopic (exact) mass is 632 g/mol. The maximum atomic E-state index is 13.2. The van der Waals surface area contributed by atoms with Crippen LogP contribution in [-0.2, 0) is 14.3 Å². The van der Waals surface area contributed by atoms with Crippen LogP contribution in [0.15, 0.2) is 79.4 Å². The van der Waals surface area contributed by atoms with Gasteiger partial charge in [-0.1, -0.05) is 33.3 Å². The van der Waals surface area contributed by atoms with Gasteiger partial charge in [0.25, 0.3) is 0 Å². The Morgan fingerprint density at radius 2 is 1.09 bits per heavy atom. The van der Waals surface area contributed by atoms with Crippen LogP contribution in [0.3, 0.4) is 0 Å². The van der Waals surface area contributed by atoms with E-state index < -0.39 is 23.9 Å². The van der Waals surface area contributed by atoms with Crippen molar-refractivity contribution in [2.24, 2.45) is 0 Å². The Kier molecular flexibility index (Phi) is 14.8. The molecule has 0 unspecified atom stereocenters. The Hall–Kier alpha value is -5.12. The van der Waals surface area contributed by atoms with Gasteiger partial charge in [-0.2, -0.15) is 0 Å². The van der Waals surface area contributed by atoms with E-state index in [1.165, 1.54) is 18.2 Å². The molecule has 0 atom stereocenters. The van der Waals surface area contributed by atoms with Crippen LogP contribution in [0.5, 0.6) is 23.0 Å². The average Bonchev–Trinajstić information content (AvgIpc) is 3.07. The minimum absolute atomic E-state index is 0.00482. The van der Waals surface area contributed by atoms with E-state index in [1.807, 2.05) is 0 Å². The van der Waals surface area contributed by atoms with Gasteiger partial charge in [-0.3, -0.25) is 0 Å². The standard InChI is InChI=1S/C36H40O10/c1-4-7-21-41-27-13-11-26(12-14-27)34(38)46-30-19-20-31(32(25-30)35(39)44-24-10-9-23-43-33(37)6-3)36(40)45-29-17-15-28(16-18-29)42-22-8-5-2/h6,11-20,25H,3-5,7-10,21-24H2,1-2H3. The quantitative estimate of drug-likeness (QED) is 0.0582. The molecule has 3 aromatic rings. The van der Waals surface area contributed by atoms with Crippen molar-refractivity contribution in [3.63, 3.8) is 0 Å². The highest BCUT2D eigenvalue weighted by molar-refractivity contribution is 6.04. The zero-order valence-corrected chi connectivity index (χ0v) is 26.3. The first-order valence-electron chi connectivity index (χ1n) is 15.3. The van der Waals surface area contributed by atoms with Crippen LogP contribution in [0.2, 0.25) is 0 Å². The number of benzene rings is 3. The van der Waals surface area contributed by atoms with Gasteiger partial charge in [0.1, 0.15) is 23.0 Å². The molecule has 0 saturated heterocycles. The molecular weight excluding hydrogens is 592 g/mol. The van der Waals surface area contributed by atoms with Crippen molar-refractivity contribution in [2.75, 3.05) is 26.4 Å². The van der Waals surface area contributed by atoms with Gasteiger partial charge < -0.3 is 28.4 Å². The van der Waals surface area contributed by atoms with Gasteiger partial charge in [0.05, 0.1) is 43.1 Å². The van der Waals surface area contributed by atoms with Gasteiger partial charge in [0.15, 0.2) is 0 Å². The Labute approximate surface area is 269 Å². The van der Waals surface area contributed by atoms with Crippen LogP contribution in [-0.4, -0.2) is 50.3 Å². The van der Waals surface area contributed by atoms with Crippen LogP contribution in [0, 0.1) is 0 Å². The van der Waals surface area contributed by atoms with Gasteiger partial charge >= 0.3 is 23.9 Å². The molecule has 0 bridgehead atoms. The van der Waals surface area contributed by atoms with Crippen molar-refractivity contribution in [2.45, 2.75) is 52.4 Å². The summed E-state index contributed by atoms with van der Waals surface area (Å²) in [7, 11) is 0. The van der Waals surface area contributed by atoms with E-state index in [-0.39, 0.29) is 41.4 Å². The summed E-state index contributed by atoms with van der Waals surface area (Å²) in [6, 6.07) is 17.1. The number of hydrogen-bond donors (Lipinski definition) is 0. The van der Waals surface area contributed by atoms with Gasteiger partial charge in [-0.05, 0) is 92.4 Å². The van der Waals surface area contributed by atoms with Crippen LogP contribution in [0.1, 0.15) is 83.4 Å². The summed E-state index contributed by atoms with van der Waals surface area (Å²) in [6.45, 7) is 8.76. The zero-order valence-electron chi connectivity index (χ0n) is 26.3. The number of ether oxygens (including phenoxy) is 6. The van der Waals surface area contributed by atoms with E-state index in [0.717, 1.165) is 31.8 Å². The van der Waals surface area contributed by atoms with Crippen molar-refractivity contribution in [3.8, 4) is 23.0 Å². The van der Waals surface area contributed by atoms with E-state index in [9.17, 15) is 19.2 Å². The zero-order chi connectivity index (χ0) is 33.1. The smallest absolute Gasteiger partial charge is 0.344 e. The predicted molar refractivity (Wildman–Crippen MR) is 171 cm³/mol. The maximum absolute atomic E-state index is 13.2. The molecule has 244 valence electrons. The summed E-state index contributed by atoms with van der Waals surface area (Å²) >= 11 is 0. The molecule has 10 heteroatoms. The lowest BCUT2D eigenvalue weighted by molar-refractivity contribution is -0.137. The second-order valence-electron chi connectivity index (χ2n) is 10.1. The Morgan fingerprint density at radius 3 is 1.67 bits per heavy atom. The van der Waals surface area contributed by atoms with E-state index in [2.05, 4.69) is 20.4 Å². The lowest BCUT2D eigenvalue weighted by atomic mass is 10.1. The molecule has 0 aliphatic rings. The normalized spacial score (nSPS) is 10.4. The third-order valence-electron chi connectivity index (χ3n) is 6.48. The summed E-state index contributed by atoms with van der Waals surface area (Å²) in [4.78, 5) is 50.4. The second-order valence-corrected chi connectivity index (χ2v) is 10.1. The molecule has 0 spiro atoms. The minimum Gasteiger partial charge on any atom is -0.494 e. The summed E-state index contributed by atoms with van der Waals surface area (Å²) in [5.74, 6) is -1.27. The average molecular weight is 633 g/mol. The van der Waals surface area contributed by atoms with Gasteiger partial charge in [-0.25, -0.2) is 19.2 Å². The highest BCUT2D eigenvalue weighted by atomic mass is 16.5. The van der Waals surface area contributed by atoms with E-state index in [0.29, 0.717) is 37.6 Å². The first-order chi connectivity index (χ1) is 22.3. The molecule has 46 heavy (non-hydrogen) atoms. The first kappa shape index (κ1) is 35.4. The third kappa shape index (κ3) is 11.8. The molecule has 0 heterocycles. The molecule has 0 aliphatic heterocycles. The Morgan fingerprint density at radius 1 is 0.565 bits per heavy atom. The summed E-state index contributed by atoms with van der Waals surface area (Å²) in [6.07, 6.45) is 5.76. The number of carbonyl (C=O) groups is 4. The fourth-order valence-corrected chi connectivity index (χ4v) is 3.90. The lowest BCUT2D eigenvalue weighted by Gasteiger charge is -2.12. The number of unbranched alkanes of at least 4 members (excludes halogenated alkanes) is 3. The van der Waals surface area contributed by atoms with Crippen molar-refractivity contribution >= 4 is 23.9 Å². The molecule has 0 aromatic heterocycles. The molecule has 0 amide bonds. The highest BCUT2D eigenvalue weighted by Gasteiger charge is 2.22. The predicted octanol–water partition coefficient (Wildman–Crippen LogP) is 7.15. The molecule has 0 radical (unpaired) electrons. The van der Waals surface area contributed by atoms with Crippen molar-refractivity contribution in [3.05, 3.63) is 96.1 Å².